The third-order valence-corrected chi connectivity index (χ3v) is 9.61. The van der Waals surface area contributed by atoms with Gasteiger partial charge in [-0.3, -0.25) is 19.2 Å². The zero-order chi connectivity index (χ0) is 32.2. The van der Waals surface area contributed by atoms with Crippen molar-refractivity contribution in [3.05, 3.63) is 54.6 Å². The Morgan fingerprint density at radius 3 is 2.64 bits per heavy atom. The highest BCUT2D eigenvalue weighted by Gasteiger charge is 2.76. The van der Waals surface area contributed by atoms with E-state index >= 15 is 0 Å². The quantitative estimate of drug-likeness (QED) is 0.224. The number of halogens is 1. The highest BCUT2D eigenvalue weighted by Crippen LogP contribution is 2.59. The van der Waals surface area contributed by atoms with Crippen molar-refractivity contribution in [3.63, 3.8) is 0 Å². The van der Waals surface area contributed by atoms with Gasteiger partial charge in [0, 0.05) is 13.0 Å². The van der Waals surface area contributed by atoms with E-state index < -0.39 is 59.5 Å². The van der Waals surface area contributed by atoms with Crippen LogP contribution in [0.3, 0.4) is 0 Å². The van der Waals surface area contributed by atoms with Crippen LogP contribution in [0.4, 0.5) is 5.69 Å². The lowest BCUT2D eigenvalue weighted by molar-refractivity contribution is -0.160. The molecule has 1 spiro atoms. The van der Waals surface area contributed by atoms with Crippen LogP contribution in [0.1, 0.15) is 52.9 Å². The maximum atomic E-state index is 14.7. The Balaban J connectivity index is 1.68. The molecule has 1 aromatic rings. The predicted octanol–water partition coefficient (Wildman–Crippen LogP) is 3.65. The van der Waals surface area contributed by atoms with E-state index in [0.29, 0.717) is 36.4 Å². The fourth-order valence-electron chi connectivity index (χ4n) is 6.96. The molecule has 8 atom stereocenters. The van der Waals surface area contributed by atoms with Gasteiger partial charge >= 0.3 is 5.97 Å². The van der Waals surface area contributed by atoms with Gasteiger partial charge < -0.3 is 29.7 Å². The second-order valence-electron chi connectivity index (χ2n) is 12.0. The number of benzene rings is 1. The third-order valence-electron chi connectivity index (χ3n) is 9.29. The van der Waals surface area contributed by atoms with Gasteiger partial charge in [-0.05, 0) is 44.2 Å². The Labute approximate surface area is 264 Å². The van der Waals surface area contributed by atoms with Crippen molar-refractivity contribution in [2.75, 3.05) is 24.6 Å². The molecule has 2 bridgehead atoms. The molecule has 2 N–H and O–H groups in total. The lowest BCUT2D eigenvalue weighted by atomic mass is 9.70. The smallest absolute Gasteiger partial charge is 0.312 e. The average molecular weight is 630 g/mol. The Morgan fingerprint density at radius 1 is 1.27 bits per heavy atom. The number of aliphatic hydroxyl groups is 1. The number of esters is 1. The van der Waals surface area contributed by atoms with E-state index in [1.165, 1.54) is 9.80 Å². The van der Waals surface area contributed by atoms with Crippen LogP contribution in [-0.4, -0.2) is 83.3 Å². The van der Waals surface area contributed by atoms with E-state index in [-0.39, 0.29) is 37.9 Å². The topological polar surface area (TPSA) is 125 Å². The summed E-state index contributed by atoms with van der Waals surface area (Å²) in [6.07, 6.45) is 4.32. The fraction of sp³-hybridized carbons (Fsp3) is 0.576. The van der Waals surface area contributed by atoms with Gasteiger partial charge in [0.05, 0.1) is 47.8 Å². The number of nitrogens with zero attached hydrogens (tertiary/aromatic N) is 2. The number of para-hydroxylation sites is 1. The van der Waals surface area contributed by atoms with Crippen LogP contribution in [0.2, 0.25) is 5.02 Å². The molecule has 3 amide bonds. The maximum Gasteiger partial charge on any atom is 0.312 e. The molecule has 44 heavy (non-hydrogen) atoms. The number of allylic oxidation sites excluding steroid dienone is 1. The molecule has 0 unspecified atom stereocenters. The van der Waals surface area contributed by atoms with Crippen LogP contribution in [0.25, 0.3) is 0 Å². The van der Waals surface area contributed by atoms with Crippen LogP contribution in [0.15, 0.2) is 49.6 Å². The summed E-state index contributed by atoms with van der Waals surface area (Å²) >= 11 is 6.53. The van der Waals surface area contributed by atoms with Gasteiger partial charge in [0.15, 0.2) is 0 Å². The number of carbonyl (C=O) groups excluding carboxylic acids is 4. The molecule has 240 valence electrons. The molecule has 3 aliphatic heterocycles. The molecule has 10 nitrogen and oxygen atoms in total. The maximum absolute atomic E-state index is 14.7. The van der Waals surface area contributed by atoms with E-state index in [1.807, 2.05) is 13.8 Å². The van der Waals surface area contributed by atoms with Gasteiger partial charge in [0.1, 0.15) is 17.7 Å². The molecule has 0 aromatic heterocycles. The molecule has 3 saturated heterocycles. The van der Waals surface area contributed by atoms with Crippen molar-refractivity contribution in [2.24, 2.45) is 17.8 Å². The highest BCUT2D eigenvalue weighted by atomic mass is 35.5. The number of likely N-dealkylation sites (tertiary alicyclic amines) is 1. The molecule has 0 radical (unpaired) electrons. The number of amides is 3. The zero-order valence-electron chi connectivity index (χ0n) is 25.7. The van der Waals surface area contributed by atoms with Gasteiger partial charge in [-0.15, -0.1) is 13.2 Å². The second kappa shape index (κ2) is 14.3. The molecule has 0 aliphatic carbocycles. The molecule has 1 aromatic carbocycles. The van der Waals surface area contributed by atoms with Crippen molar-refractivity contribution in [3.8, 4) is 0 Å². The summed E-state index contributed by atoms with van der Waals surface area (Å²) in [4.78, 5) is 57.8. The first-order valence-electron chi connectivity index (χ1n) is 15.4. The molecule has 3 aliphatic rings. The summed E-state index contributed by atoms with van der Waals surface area (Å²) in [5.74, 6) is -3.65. The molecule has 3 fully saturated rings. The number of nitrogens with one attached hydrogen (secondary N) is 1. The number of fused-ring (bicyclic) bond motifs is 1. The summed E-state index contributed by atoms with van der Waals surface area (Å²) in [7, 11) is 0. The van der Waals surface area contributed by atoms with Crippen molar-refractivity contribution in [1.29, 1.82) is 0 Å². The molecule has 11 heteroatoms. The molecular weight excluding hydrogens is 586 g/mol. The van der Waals surface area contributed by atoms with E-state index in [1.54, 1.807) is 43.3 Å². The summed E-state index contributed by atoms with van der Waals surface area (Å²) in [6, 6.07) is 5.16. The van der Waals surface area contributed by atoms with Crippen molar-refractivity contribution >= 4 is 41.0 Å². The van der Waals surface area contributed by atoms with Crippen LogP contribution in [0, 0.1) is 17.8 Å². The number of hydrogen-bond donors (Lipinski definition) is 2. The van der Waals surface area contributed by atoms with Crippen LogP contribution < -0.4 is 10.2 Å². The van der Waals surface area contributed by atoms with Crippen molar-refractivity contribution in [2.45, 2.75) is 82.8 Å². The first-order valence-corrected chi connectivity index (χ1v) is 15.8. The summed E-state index contributed by atoms with van der Waals surface area (Å²) in [6.45, 7) is 12.9. The SMILES string of the molecule is C=CCCC(=O)NC[C@H](C)OC(=O)[C@@H]1[C@H]2C(=O)N([C@@H](CO)[C@@H](C)CC)[C@H](C(=O)N(CC=C)c3ccccc3Cl)[C@]23CC[C@H]1O3. The van der Waals surface area contributed by atoms with Gasteiger partial charge in [-0.2, -0.15) is 0 Å². The monoisotopic (exact) mass is 629 g/mol. The number of ether oxygens (including phenoxy) is 2. The normalized spacial score (nSPS) is 27.3. The summed E-state index contributed by atoms with van der Waals surface area (Å²) < 4.78 is 12.3. The largest absolute Gasteiger partial charge is 0.460 e. The van der Waals surface area contributed by atoms with Crippen molar-refractivity contribution in [1.82, 2.24) is 10.2 Å². The van der Waals surface area contributed by atoms with Gasteiger partial charge in [0.2, 0.25) is 11.8 Å². The average Bonchev–Trinajstić information content (AvgIpc) is 3.65. The second-order valence-corrected chi connectivity index (χ2v) is 12.4. The highest BCUT2D eigenvalue weighted by molar-refractivity contribution is 6.34. The lowest BCUT2D eigenvalue weighted by Gasteiger charge is -2.41. The number of anilines is 1. The number of hydrogen-bond acceptors (Lipinski definition) is 7. The van der Waals surface area contributed by atoms with Gasteiger partial charge in [-0.1, -0.05) is 56.2 Å². The fourth-order valence-corrected chi connectivity index (χ4v) is 7.20. The van der Waals surface area contributed by atoms with E-state index in [2.05, 4.69) is 18.5 Å². The van der Waals surface area contributed by atoms with E-state index in [4.69, 9.17) is 21.1 Å². The molecular formula is C33H44ClN3O7. The van der Waals surface area contributed by atoms with Crippen molar-refractivity contribution < 1.29 is 33.8 Å². The van der Waals surface area contributed by atoms with Gasteiger partial charge in [0.25, 0.3) is 5.91 Å². The summed E-state index contributed by atoms with van der Waals surface area (Å²) in [5.41, 5.74) is -0.825. The Morgan fingerprint density at radius 2 is 2.00 bits per heavy atom. The molecule has 4 rings (SSSR count). The minimum Gasteiger partial charge on any atom is -0.460 e. The standard InChI is InChI=1S/C33H44ClN3O7/c1-6-9-14-26(39)35-18-21(5)43-32(42)27-25-15-16-33(44-25)28(27)30(40)37(24(19-38)20(4)8-3)29(33)31(41)36(17-7-2)23-13-11-10-12-22(23)34/h6-7,10-13,20-21,24-25,27-29,38H,1-2,8-9,14-19H2,3-5H3,(H,35,39)/t20-,21-,24-,25+,27-,28-,29+,33-/m0/s1. The predicted molar refractivity (Wildman–Crippen MR) is 167 cm³/mol. The van der Waals surface area contributed by atoms with Crippen LogP contribution >= 0.6 is 11.6 Å². The summed E-state index contributed by atoms with van der Waals surface area (Å²) in [5, 5.41) is 13.7. The molecule has 3 heterocycles. The third kappa shape index (κ3) is 6.17. The minimum atomic E-state index is -1.29. The minimum absolute atomic E-state index is 0.117. The van der Waals surface area contributed by atoms with E-state index in [0.717, 1.165) is 0 Å². The first kappa shape index (κ1) is 33.7. The van der Waals surface area contributed by atoms with Crippen LogP contribution in [0.5, 0.6) is 0 Å². The van der Waals surface area contributed by atoms with Gasteiger partial charge in [-0.25, -0.2) is 0 Å². The number of aliphatic hydroxyl groups excluding tert-OH is 1. The molecule has 0 saturated carbocycles. The Bertz CT molecular complexity index is 1270. The number of rotatable bonds is 15. The zero-order valence-corrected chi connectivity index (χ0v) is 26.5. The lowest BCUT2D eigenvalue weighted by Crippen LogP contribution is -2.60. The number of carbonyl (C=O) groups is 4. The Hall–Kier alpha value is -3.21. The van der Waals surface area contributed by atoms with E-state index in [9.17, 15) is 24.3 Å². The Kier molecular flexibility index (Phi) is 10.9. The van der Waals surface area contributed by atoms with Crippen LogP contribution in [-0.2, 0) is 28.7 Å². The first-order chi connectivity index (χ1) is 21.1.